The van der Waals surface area contributed by atoms with Crippen molar-refractivity contribution in [3.63, 3.8) is 0 Å². The number of carbonyl (C=O) groups excluding carboxylic acids is 1. The summed E-state index contributed by atoms with van der Waals surface area (Å²) in [7, 11) is 1.86. The van der Waals surface area contributed by atoms with Crippen LogP contribution in [0, 0.1) is 11.7 Å². The monoisotopic (exact) mass is 310 g/mol. The molecule has 0 bridgehead atoms. The van der Waals surface area contributed by atoms with Gasteiger partial charge < -0.3 is 14.9 Å². The molecule has 1 aromatic rings. The van der Waals surface area contributed by atoms with Crippen LogP contribution in [0.1, 0.15) is 16.8 Å². The zero-order chi connectivity index (χ0) is 16.1. The van der Waals surface area contributed by atoms with Crippen molar-refractivity contribution in [3.05, 3.63) is 29.6 Å². The van der Waals surface area contributed by atoms with Crippen LogP contribution >= 0.6 is 0 Å². The van der Waals surface area contributed by atoms with Crippen LogP contribution in [0.25, 0.3) is 0 Å². The van der Waals surface area contributed by atoms with Gasteiger partial charge in [0.1, 0.15) is 5.82 Å². The second-order valence-corrected chi connectivity index (χ2v) is 5.99. The Bertz CT molecular complexity index is 652. The van der Waals surface area contributed by atoms with Crippen LogP contribution in [0.3, 0.4) is 0 Å². The Morgan fingerprint density at radius 3 is 2.77 bits per heavy atom. The number of benzene rings is 1. The van der Waals surface area contributed by atoms with Gasteiger partial charge in [0.2, 0.25) is 0 Å². The highest BCUT2D eigenvalue weighted by Crippen LogP contribution is 2.41. The molecule has 2 aliphatic heterocycles. The highest BCUT2D eigenvalue weighted by molar-refractivity contribution is 6.03. The number of carboxylic acid groups (broad SMARTS) is 1. The zero-order valence-corrected chi connectivity index (χ0v) is 12.1. The molecule has 7 heteroatoms. The van der Waals surface area contributed by atoms with E-state index < -0.39 is 29.3 Å². The Morgan fingerprint density at radius 2 is 2.09 bits per heavy atom. The van der Waals surface area contributed by atoms with Gasteiger partial charge in [-0.3, -0.25) is 4.79 Å². The third-order valence-corrected chi connectivity index (χ3v) is 4.48. The van der Waals surface area contributed by atoms with E-state index in [-0.39, 0.29) is 24.2 Å². The maximum absolute atomic E-state index is 15.0. The molecule has 0 saturated carbocycles. The Hall–Kier alpha value is -2.02. The van der Waals surface area contributed by atoms with Crippen molar-refractivity contribution < 1.29 is 23.5 Å². The van der Waals surface area contributed by atoms with Crippen LogP contribution in [0.5, 0.6) is 0 Å². The van der Waals surface area contributed by atoms with Gasteiger partial charge in [0.05, 0.1) is 5.56 Å². The van der Waals surface area contributed by atoms with Gasteiger partial charge in [-0.2, -0.15) is 0 Å². The van der Waals surface area contributed by atoms with Gasteiger partial charge in [0.15, 0.2) is 5.67 Å². The van der Waals surface area contributed by atoms with Crippen molar-refractivity contribution in [3.8, 4) is 0 Å². The number of amides is 1. The Morgan fingerprint density at radius 1 is 1.36 bits per heavy atom. The van der Waals surface area contributed by atoms with E-state index in [1.807, 2.05) is 11.9 Å². The van der Waals surface area contributed by atoms with Crippen LogP contribution in [-0.2, 0) is 4.79 Å². The van der Waals surface area contributed by atoms with E-state index in [0.717, 1.165) is 12.1 Å². The number of nitrogens with zero attached hydrogens (tertiary/aromatic N) is 2. The second kappa shape index (κ2) is 5.01. The van der Waals surface area contributed by atoms with E-state index in [0.29, 0.717) is 13.1 Å². The Kier molecular flexibility index (Phi) is 3.40. The number of hydrogen-bond acceptors (Lipinski definition) is 3. The van der Waals surface area contributed by atoms with Crippen molar-refractivity contribution >= 4 is 17.6 Å². The Balaban J connectivity index is 1.96. The number of hydrogen-bond donors (Lipinski definition) is 1. The first-order valence-electron chi connectivity index (χ1n) is 7.04. The zero-order valence-electron chi connectivity index (χ0n) is 12.1. The minimum atomic E-state index is -1.94. The fourth-order valence-corrected chi connectivity index (χ4v) is 3.26. The number of halogens is 2. The maximum atomic E-state index is 15.0. The lowest BCUT2D eigenvalue weighted by atomic mass is 9.85. The van der Waals surface area contributed by atoms with Gasteiger partial charge in [-0.15, -0.1) is 0 Å². The smallest absolute Gasteiger partial charge is 0.335 e. The number of piperidine rings is 1. The summed E-state index contributed by atoms with van der Waals surface area (Å²) in [5, 5.41) is 8.98. The largest absolute Gasteiger partial charge is 0.478 e. The molecule has 118 valence electrons. The maximum Gasteiger partial charge on any atom is 0.335 e. The van der Waals surface area contributed by atoms with Crippen LogP contribution in [0.2, 0.25) is 0 Å². The van der Waals surface area contributed by atoms with Crippen molar-refractivity contribution in [1.29, 1.82) is 0 Å². The molecule has 2 fully saturated rings. The fourth-order valence-electron chi connectivity index (χ4n) is 3.26. The predicted molar refractivity (Wildman–Crippen MR) is 75.2 cm³/mol. The minimum Gasteiger partial charge on any atom is -0.478 e. The lowest BCUT2D eigenvalue weighted by molar-refractivity contribution is -0.131. The molecule has 3 rings (SSSR count). The lowest BCUT2D eigenvalue weighted by Gasteiger charge is -2.34. The van der Waals surface area contributed by atoms with E-state index in [2.05, 4.69) is 0 Å². The van der Waals surface area contributed by atoms with E-state index in [1.165, 1.54) is 11.0 Å². The highest BCUT2D eigenvalue weighted by atomic mass is 19.1. The molecular formula is C15H16F2N2O3. The molecule has 2 atom stereocenters. The topological polar surface area (TPSA) is 60.9 Å². The fraction of sp³-hybridized carbons (Fsp3) is 0.467. The molecule has 0 unspecified atom stereocenters. The summed E-state index contributed by atoms with van der Waals surface area (Å²) in [6.45, 7) is 1.05. The number of carboxylic acids is 1. The summed E-state index contributed by atoms with van der Waals surface area (Å²) in [6.07, 6.45) is 0.102. The SMILES string of the molecule is CN1CC[C@]2(F)C(=O)N(c3cc(F)cc(C(=O)O)c3)C[C@@H]2C1. The summed E-state index contributed by atoms with van der Waals surface area (Å²) in [4.78, 5) is 26.5. The first-order chi connectivity index (χ1) is 10.3. The molecule has 5 nitrogen and oxygen atoms in total. The van der Waals surface area contributed by atoms with Crippen molar-refractivity contribution in [2.24, 2.45) is 5.92 Å². The molecule has 1 amide bonds. The van der Waals surface area contributed by atoms with Gasteiger partial charge in [-0.1, -0.05) is 0 Å². The minimum absolute atomic E-state index is 0.0940. The average molecular weight is 310 g/mol. The molecular weight excluding hydrogens is 294 g/mol. The van der Waals surface area contributed by atoms with E-state index in [4.69, 9.17) is 5.11 Å². The normalized spacial score (nSPS) is 28.8. The third-order valence-electron chi connectivity index (χ3n) is 4.48. The Labute approximate surface area is 126 Å². The van der Waals surface area contributed by atoms with E-state index >= 15 is 0 Å². The predicted octanol–water partition coefficient (Wildman–Crippen LogP) is 1.53. The standard InChI is InChI=1S/C15H16F2N2O3/c1-18-3-2-15(17)10(7-18)8-19(14(15)22)12-5-9(13(20)21)4-11(16)6-12/h4-6,10H,2-3,7-8H2,1H3,(H,20,21)/t10-,15+/m0/s1. The second-order valence-electron chi connectivity index (χ2n) is 5.99. The summed E-state index contributed by atoms with van der Waals surface area (Å²) >= 11 is 0. The van der Waals surface area contributed by atoms with Gasteiger partial charge in [-0.05, 0) is 25.2 Å². The molecule has 0 radical (unpaired) electrons. The van der Waals surface area contributed by atoms with Gasteiger partial charge in [-0.25, -0.2) is 13.6 Å². The molecule has 0 aliphatic carbocycles. The number of carbonyl (C=O) groups is 2. The summed E-state index contributed by atoms with van der Waals surface area (Å²) < 4.78 is 28.6. The third kappa shape index (κ3) is 2.25. The molecule has 0 spiro atoms. The summed E-state index contributed by atoms with van der Waals surface area (Å²) in [6, 6.07) is 3.14. The molecule has 2 saturated heterocycles. The quantitative estimate of drug-likeness (QED) is 0.900. The number of rotatable bonds is 2. The van der Waals surface area contributed by atoms with Crippen LogP contribution < -0.4 is 4.90 Å². The first-order valence-corrected chi connectivity index (χ1v) is 7.04. The van der Waals surface area contributed by atoms with E-state index in [1.54, 1.807) is 0 Å². The van der Waals surface area contributed by atoms with E-state index in [9.17, 15) is 18.4 Å². The van der Waals surface area contributed by atoms with Crippen molar-refractivity contribution in [1.82, 2.24) is 4.90 Å². The summed E-state index contributed by atoms with van der Waals surface area (Å²) in [5.41, 5.74) is -2.11. The highest BCUT2D eigenvalue weighted by Gasteiger charge is 2.57. The summed E-state index contributed by atoms with van der Waals surface area (Å²) in [5.74, 6) is -3.25. The molecule has 1 aromatic carbocycles. The molecule has 0 aromatic heterocycles. The van der Waals surface area contributed by atoms with Crippen LogP contribution in [0.4, 0.5) is 14.5 Å². The number of aromatic carboxylic acids is 1. The van der Waals surface area contributed by atoms with Crippen LogP contribution in [-0.4, -0.2) is 54.2 Å². The van der Waals surface area contributed by atoms with Gasteiger partial charge in [0, 0.05) is 37.7 Å². The average Bonchev–Trinajstić information content (AvgIpc) is 2.71. The molecule has 1 N–H and O–H groups in total. The van der Waals surface area contributed by atoms with Gasteiger partial charge in [0.25, 0.3) is 5.91 Å². The first kappa shape index (κ1) is 14.9. The molecule has 22 heavy (non-hydrogen) atoms. The lowest BCUT2D eigenvalue weighted by Crippen LogP contribution is -2.49. The number of alkyl halides is 1. The number of anilines is 1. The number of fused-ring (bicyclic) bond motifs is 1. The van der Waals surface area contributed by atoms with Gasteiger partial charge >= 0.3 is 5.97 Å². The molecule has 2 heterocycles. The number of likely N-dealkylation sites (tertiary alicyclic amines) is 1. The van der Waals surface area contributed by atoms with Crippen molar-refractivity contribution in [2.45, 2.75) is 12.1 Å². The van der Waals surface area contributed by atoms with Crippen LogP contribution in [0.15, 0.2) is 18.2 Å². The van der Waals surface area contributed by atoms with Crippen molar-refractivity contribution in [2.75, 3.05) is 31.6 Å². The molecule has 2 aliphatic rings.